The number of halogens is 1. The number of amides is 2. The number of methoxy groups -OCH3 is 2. The van der Waals surface area contributed by atoms with Crippen LogP contribution in [0.4, 0.5) is 27.5 Å². The van der Waals surface area contributed by atoms with Crippen LogP contribution in [-0.2, 0) is 0 Å². The van der Waals surface area contributed by atoms with Gasteiger partial charge in [0.2, 0.25) is 0 Å². The van der Waals surface area contributed by atoms with E-state index in [-0.39, 0.29) is 5.92 Å². The van der Waals surface area contributed by atoms with E-state index < -0.39 is 12.2 Å². The fourth-order valence-electron chi connectivity index (χ4n) is 5.27. The van der Waals surface area contributed by atoms with Crippen molar-refractivity contribution in [2.24, 2.45) is 15.9 Å². The highest BCUT2D eigenvalue weighted by Gasteiger charge is 2.36. The maximum atomic E-state index is 14.1. The van der Waals surface area contributed by atoms with E-state index in [9.17, 15) is 4.79 Å². The predicted molar refractivity (Wildman–Crippen MR) is 176 cm³/mol. The van der Waals surface area contributed by atoms with Gasteiger partial charge in [0.05, 0.1) is 36.5 Å². The van der Waals surface area contributed by atoms with Crippen LogP contribution in [0, 0.1) is 12.8 Å². The molecule has 0 spiro atoms. The first-order chi connectivity index (χ1) is 20.8. The zero-order valence-electron chi connectivity index (χ0n) is 25.2. The van der Waals surface area contributed by atoms with Crippen molar-refractivity contribution in [3.63, 3.8) is 0 Å². The van der Waals surface area contributed by atoms with Crippen LogP contribution < -0.4 is 29.9 Å². The fraction of sp³-hybridized carbons (Fsp3) is 0.344. The zero-order chi connectivity index (χ0) is 30.5. The number of para-hydroxylation sites is 1. The van der Waals surface area contributed by atoms with Crippen molar-refractivity contribution < 1.29 is 14.3 Å². The van der Waals surface area contributed by atoms with Crippen LogP contribution in [0.15, 0.2) is 70.6 Å². The summed E-state index contributed by atoms with van der Waals surface area (Å²) in [7, 11) is 5.29. The Morgan fingerprint density at radius 3 is 2.44 bits per heavy atom. The molecule has 2 atom stereocenters. The van der Waals surface area contributed by atoms with Gasteiger partial charge in [0.15, 0.2) is 0 Å². The SMILES string of the molecule is COc1ccc(N(C(=O)Nc2c(C)cccc2Cl)C2N=CN=C(Nc3ccc(N4CCN(C)CC4)cc3)C2C)c(OC)c1. The van der Waals surface area contributed by atoms with E-state index >= 15 is 0 Å². The largest absolute Gasteiger partial charge is 0.497 e. The summed E-state index contributed by atoms with van der Waals surface area (Å²) in [5.41, 5.74) is 4.00. The number of ether oxygens (including phenoxy) is 2. The van der Waals surface area contributed by atoms with Gasteiger partial charge in [0.25, 0.3) is 0 Å². The molecule has 3 aromatic carbocycles. The number of likely N-dealkylation sites (N-methyl/N-ethyl adjacent to an activating group) is 1. The monoisotopic (exact) mass is 603 g/mol. The quantitative estimate of drug-likeness (QED) is 0.346. The highest BCUT2D eigenvalue weighted by Crippen LogP contribution is 2.37. The minimum atomic E-state index is -0.644. The number of rotatable bonds is 7. The molecule has 2 aliphatic heterocycles. The average molecular weight is 604 g/mol. The molecule has 0 bridgehead atoms. The summed E-state index contributed by atoms with van der Waals surface area (Å²) in [6.45, 7) is 7.99. The molecule has 2 heterocycles. The van der Waals surface area contributed by atoms with E-state index in [0.29, 0.717) is 33.7 Å². The Labute approximate surface area is 258 Å². The topological polar surface area (TPSA) is 94.0 Å². The Hall–Kier alpha value is -4.28. The van der Waals surface area contributed by atoms with Crippen LogP contribution in [0.25, 0.3) is 0 Å². The summed E-state index contributed by atoms with van der Waals surface area (Å²) < 4.78 is 11.1. The number of nitrogens with one attached hydrogen (secondary N) is 2. The fourth-order valence-corrected chi connectivity index (χ4v) is 5.54. The molecule has 0 aromatic heterocycles. The van der Waals surface area contributed by atoms with Gasteiger partial charge in [0.1, 0.15) is 29.8 Å². The van der Waals surface area contributed by atoms with Gasteiger partial charge in [-0.1, -0.05) is 30.7 Å². The summed E-state index contributed by atoms with van der Waals surface area (Å²) >= 11 is 6.48. The van der Waals surface area contributed by atoms with Crippen molar-refractivity contribution in [3.05, 3.63) is 71.2 Å². The number of hydrogen-bond donors (Lipinski definition) is 2. The number of nitrogens with zero attached hydrogens (tertiary/aromatic N) is 5. The summed E-state index contributed by atoms with van der Waals surface area (Å²) in [6, 6.07) is 18.7. The van der Waals surface area contributed by atoms with Gasteiger partial charge >= 0.3 is 6.03 Å². The number of amidine groups is 1. The Bertz CT molecular complexity index is 1480. The Morgan fingerprint density at radius 2 is 1.77 bits per heavy atom. The van der Waals surface area contributed by atoms with E-state index in [1.54, 1.807) is 43.4 Å². The number of anilines is 4. The second-order valence-corrected chi connectivity index (χ2v) is 11.1. The molecule has 0 saturated carbocycles. The van der Waals surface area contributed by atoms with Crippen LogP contribution in [0.1, 0.15) is 12.5 Å². The molecular weight excluding hydrogens is 566 g/mol. The lowest BCUT2D eigenvalue weighted by Gasteiger charge is -2.36. The molecule has 0 radical (unpaired) electrons. The minimum absolute atomic E-state index is 0.299. The Morgan fingerprint density at radius 1 is 1.02 bits per heavy atom. The van der Waals surface area contributed by atoms with Crippen molar-refractivity contribution in [1.29, 1.82) is 0 Å². The number of urea groups is 1. The van der Waals surface area contributed by atoms with Crippen LogP contribution in [0.2, 0.25) is 5.02 Å². The number of carbonyl (C=O) groups excluding carboxylic acids is 1. The summed E-state index contributed by atoms with van der Waals surface area (Å²) in [4.78, 5) is 29.6. The molecule has 43 heavy (non-hydrogen) atoms. The van der Waals surface area contributed by atoms with Gasteiger partial charge in [0, 0.05) is 43.6 Å². The van der Waals surface area contributed by atoms with E-state index in [0.717, 1.165) is 37.4 Å². The summed E-state index contributed by atoms with van der Waals surface area (Å²) in [5, 5.41) is 6.91. The van der Waals surface area contributed by atoms with Crippen LogP contribution >= 0.6 is 11.6 Å². The Balaban J connectivity index is 1.41. The number of piperazine rings is 1. The molecule has 11 heteroatoms. The Kier molecular flexibility index (Phi) is 9.37. The lowest BCUT2D eigenvalue weighted by atomic mass is 10.0. The van der Waals surface area contributed by atoms with E-state index in [1.165, 1.54) is 12.0 Å². The molecule has 1 saturated heterocycles. The first kappa shape index (κ1) is 30.2. The maximum absolute atomic E-state index is 14.1. The zero-order valence-corrected chi connectivity index (χ0v) is 25.9. The first-order valence-electron chi connectivity index (χ1n) is 14.3. The third kappa shape index (κ3) is 6.71. The number of hydrogen-bond acceptors (Lipinski definition) is 8. The lowest BCUT2D eigenvalue weighted by Crippen LogP contribution is -2.49. The number of aryl methyl sites for hydroxylation is 1. The summed E-state index contributed by atoms with van der Waals surface area (Å²) in [6.07, 6.45) is 0.845. The number of aliphatic imine (C=N–C) groups is 2. The van der Waals surface area contributed by atoms with Crippen LogP contribution in [0.5, 0.6) is 11.5 Å². The van der Waals surface area contributed by atoms with Crippen LogP contribution in [0.3, 0.4) is 0 Å². The van der Waals surface area contributed by atoms with Gasteiger partial charge in [-0.05, 0) is 62.0 Å². The van der Waals surface area contributed by atoms with Crippen molar-refractivity contribution in [1.82, 2.24) is 4.90 Å². The van der Waals surface area contributed by atoms with Gasteiger partial charge in [-0.25, -0.2) is 14.8 Å². The van der Waals surface area contributed by atoms with Crippen molar-refractivity contribution in [2.75, 3.05) is 67.9 Å². The van der Waals surface area contributed by atoms with Crippen molar-refractivity contribution >= 4 is 52.6 Å². The third-order valence-corrected chi connectivity index (χ3v) is 8.20. The second kappa shape index (κ2) is 13.4. The van der Waals surface area contributed by atoms with Gasteiger partial charge in [-0.15, -0.1) is 0 Å². The highest BCUT2D eigenvalue weighted by molar-refractivity contribution is 6.34. The lowest BCUT2D eigenvalue weighted by molar-refractivity contribution is 0.253. The highest BCUT2D eigenvalue weighted by atomic mass is 35.5. The van der Waals surface area contributed by atoms with Gasteiger partial charge < -0.3 is 29.9 Å². The van der Waals surface area contributed by atoms with Crippen molar-refractivity contribution in [2.45, 2.75) is 20.0 Å². The van der Waals surface area contributed by atoms with Crippen LogP contribution in [-0.4, -0.2) is 76.7 Å². The molecule has 2 aliphatic rings. The van der Waals surface area contributed by atoms with E-state index in [4.69, 9.17) is 21.1 Å². The minimum Gasteiger partial charge on any atom is -0.497 e. The smallest absolute Gasteiger partial charge is 0.328 e. The molecule has 2 N–H and O–H groups in total. The maximum Gasteiger partial charge on any atom is 0.328 e. The molecule has 2 amide bonds. The molecule has 226 valence electrons. The molecule has 1 fully saturated rings. The number of benzene rings is 3. The number of carbonyl (C=O) groups is 1. The first-order valence-corrected chi connectivity index (χ1v) is 14.6. The van der Waals surface area contributed by atoms with E-state index in [2.05, 4.69) is 61.7 Å². The third-order valence-electron chi connectivity index (χ3n) is 7.89. The standard InChI is InChI=1S/C32H38ClN7O3/c1-21-7-6-8-26(33)29(21)37-32(41)40(27-14-13-25(42-4)19-28(27)43-5)31-22(2)30(34-20-35-31)36-23-9-11-24(12-10-23)39-17-15-38(3)16-18-39/h6-14,19-20,22,31H,15-18H2,1-5H3,(H,37,41)(H,34,35,36). The molecular formula is C32H38ClN7O3. The second-order valence-electron chi connectivity index (χ2n) is 10.7. The molecule has 5 rings (SSSR count). The molecule has 3 aromatic rings. The summed E-state index contributed by atoms with van der Waals surface area (Å²) in [5.74, 6) is 1.45. The molecule has 10 nitrogen and oxygen atoms in total. The molecule has 0 aliphatic carbocycles. The van der Waals surface area contributed by atoms with Gasteiger partial charge in [-0.3, -0.25) is 4.90 Å². The van der Waals surface area contributed by atoms with Gasteiger partial charge in [-0.2, -0.15) is 0 Å². The van der Waals surface area contributed by atoms with E-state index in [1.807, 2.05) is 26.0 Å². The predicted octanol–water partition coefficient (Wildman–Crippen LogP) is 5.97. The van der Waals surface area contributed by atoms with Crippen molar-refractivity contribution in [3.8, 4) is 11.5 Å². The average Bonchev–Trinajstić information content (AvgIpc) is 3.02. The normalized spacial score (nSPS) is 18.6. The molecule has 2 unspecified atom stereocenters.